The molecule has 5 nitrogen and oxygen atoms in total. The van der Waals surface area contributed by atoms with E-state index in [-0.39, 0.29) is 5.91 Å². The lowest BCUT2D eigenvalue weighted by molar-refractivity contribution is -0.116. The Balaban J connectivity index is 1.75. The molecule has 2 N–H and O–H groups in total. The molecule has 1 aliphatic heterocycles. The maximum atomic E-state index is 11.9. The number of anilines is 1. The molecule has 0 bridgehead atoms. The highest BCUT2D eigenvalue weighted by Gasteiger charge is 2.27. The number of likely N-dealkylation sites (tertiary alicyclic amines) is 1. The van der Waals surface area contributed by atoms with Crippen LogP contribution in [0.3, 0.4) is 0 Å². The molecule has 0 saturated carbocycles. The normalized spacial score (nSPS) is 18.4. The third kappa shape index (κ3) is 4.04. The molecule has 0 aliphatic carbocycles. The second-order valence-corrected chi connectivity index (χ2v) is 6.33. The summed E-state index contributed by atoms with van der Waals surface area (Å²) in [6.07, 6.45) is 1.90. The van der Waals surface area contributed by atoms with E-state index in [0.29, 0.717) is 23.5 Å². The number of amides is 1. The minimum Gasteiger partial charge on any atom is -0.390 e. The molecule has 0 spiro atoms. The van der Waals surface area contributed by atoms with Gasteiger partial charge in [-0.1, -0.05) is 0 Å². The first kappa shape index (κ1) is 15.0. The number of piperidine rings is 1. The number of hydrogen-bond acceptors (Lipinski definition) is 5. The maximum absolute atomic E-state index is 11.9. The Morgan fingerprint density at radius 3 is 2.95 bits per heavy atom. The molecule has 1 aromatic heterocycles. The molecule has 6 heteroatoms. The van der Waals surface area contributed by atoms with E-state index >= 15 is 0 Å². The van der Waals surface area contributed by atoms with E-state index in [2.05, 4.69) is 16.3 Å². The van der Waals surface area contributed by atoms with Gasteiger partial charge in [-0.05, 0) is 31.2 Å². The zero-order valence-electron chi connectivity index (χ0n) is 11.6. The van der Waals surface area contributed by atoms with Crippen molar-refractivity contribution in [1.29, 1.82) is 5.26 Å². The van der Waals surface area contributed by atoms with Crippen molar-refractivity contribution in [3.63, 3.8) is 0 Å². The van der Waals surface area contributed by atoms with Crippen molar-refractivity contribution in [1.82, 2.24) is 4.90 Å². The topological polar surface area (TPSA) is 76.4 Å². The van der Waals surface area contributed by atoms with Crippen LogP contribution >= 0.6 is 11.3 Å². The minimum absolute atomic E-state index is 0.0683. The van der Waals surface area contributed by atoms with Crippen LogP contribution < -0.4 is 5.32 Å². The van der Waals surface area contributed by atoms with Crippen LogP contribution in [0.1, 0.15) is 31.7 Å². The van der Waals surface area contributed by atoms with E-state index in [9.17, 15) is 9.90 Å². The van der Waals surface area contributed by atoms with Gasteiger partial charge in [0.2, 0.25) is 5.91 Å². The largest absolute Gasteiger partial charge is 0.390 e. The molecule has 1 saturated heterocycles. The van der Waals surface area contributed by atoms with E-state index < -0.39 is 5.60 Å². The summed E-state index contributed by atoms with van der Waals surface area (Å²) in [7, 11) is 0. The van der Waals surface area contributed by atoms with Gasteiger partial charge in [-0.3, -0.25) is 4.79 Å². The van der Waals surface area contributed by atoms with Crippen molar-refractivity contribution >= 4 is 22.2 Å². The van der Waals surface area contributed by atoms with Gasteiger partial charge < -0.3 is 15.3 Å². The predicted molar refractivity (Wildman–Crippen MR) is 78.6 cm³/mol. The van der Waals surface area contributed by atoms with Crippen molar-refractivity contribution in [2.24, 2.45) is 0 Å². The standard InChI is InChI=1S/C14H19N3O2S/c1-14(19)4-7-17(8-5-14)6-2-12(18)16-13-11(10-15)3-9-20-13/h3,9,19H,2,4-8H2,1H3,(H,16,18). The van der Waals surface area contributed by atoms with Gasteiger partial charge in [-0.15, -0.1) is 11.3 Å². The first-order valence-corrected chi connectivity index (χ1v) is 7.60. The summed E-state index contributed by atoms with van der Waals surface area (Å²) < 4.78 is 0. The molecule has 1 amide bonds. The zero-order valence-corrected chi connectivity index (χ0v) is 12.4. The van der Waals surface area contributed by atoms with Gasteiger partial charge in [0.05, 0.1) is 11.2 Å². The summed E-state index contributed by atoms with van der Waals surface area (Å²) in [6.45, 7) is 4.19. The highest BCUT2D eigenvalue weighted by molar-refractivity contribution is 7.14. The zero-order chi connectivity index (χ0) is 14.6. The van der Waals surface area contributed by atoms with Crippen molar-refractivity contribution in [3.05, 3.63) is 17.0 Å². The minimum atomic E-state index is -0.558. The van der Waals surface area contributed by atoms with Crippen LogP contribution in [0.15, 0.2) is 11.4 Å². The average Bonchev–Trinajstić information content (AvgIpc) is 2.84. The fourth-order valence-corrected chi connectivity index (χ4v) is 2.95. The number of carbonyl (C=O) groups excluding carboxylic acids is 1. The van der Waals surface area contributed by atoms with Crippen molar-refractivity contribution in [2.75, 3.05) is 25.0 Å². The number of hydrogen-bond donors (Lipinski definition) is 2. The molecular weight excluding hydrogens is 274 g/mol. The summed E-state index contributed by atoms with van der Waals surface area (Å²) in [5.74, 6) is -0.0683. The molecule has 108 valence electrons. The van der Waals surface area contributed by atoms with Crippen LogP contribution in [0.4, 0.5) is 5.00 Å². The van der Waals surface area contributed by atoms with Crippen LogP contribution in [0.2, 0.25) is 0 Å². The molecule has 1 aliphatic rings. The van der Waals surface area contributed by atoms with Gasteiger partial charge in [0.1, 0.15) is 11.1 Å². The Kier molecular flexibility index (Phi) is 4.76. The second kappa shape index (κ2) is 6.35. The van der Waals surface area contributed by atoms with Crippen molar-refractivity contribution < 1.29 is 9.90 Å². The van der Waals surface area contributed by atoms with Crippen LogP contribution in [-0.4, -0.2) is 41.1 Å². The van der Waals surface area contributed by atoms with Crippen LogP contribution in [0.25, 0.3) is 0 Å². The van der Waals surface area contributed by atoms with Gasteiger partial charge in [-0.2, -0.15) is 5.26 Å². The van der Waals surface area contributed by atoms with Crippen LogP contribution in [-0.2, 0) is 4.79 Å². The Morgan fingerprint density at radius 2 is 2.30 bits per heavy atom. The van der Waals surface area contributed by atoms with E-state index in [1.165, 1.54) is 11.3 Å². The molecule has 1 aromatic rings. The Morgan fingerprint density at radius 1 is 1.60 bits per heavy atom. The molecule has 0 unspecified atom stereocenters. The molecule has 0 aromatic carbocycles. The van der Waals surface area contributed by atoms with E-state index in [0.717, 1.165) is 25.9 Å². The lowest BCUT2D eigenvalue weighted by atomic mass is 9.94. The van der Waals surface area contributed by atoms with E-state index in [4.69, 9.17) is 5.26 Å². The summed E-state index contributed by atoms with van der Waals surface area (Å²) in [6, 6.07) is 3.75. The fourth-order valence-electron chi connectivity index (χ4n) is 2.20. The molecule has 1 fully saturated rings. The molecule has 0 atom stereocenters. The summed E-state index contributed by atoms with van der Waals surface area (Å²) >= 11 is 1.36. The van der Waals surface area contributed by atoms with Gasteiger partial charge in [0, 0.05) is 26.1 Å². The first-order chi connectivity index (χ1) is 9.50. The number of nitrogens with zero attached hydrogens (tertiary/aromatic N) is 2. The number of nitrogens with one attached hydrogen (secondary N) is 1. The number of nitriles is 1. The van der Waals surface area contributed by atoms with E-state index in [1.54, 1.807) is 11.4 Å². The maximum Gasteiger partial charge on any atom is 0.226 e. The summed E-state index contributed by atoms with van der Waals surface area (Å²) in [5, 5.41) is 23.9. The fraction of sp³-hybridized carbons (Fsp3) is 0.571. The summed E-state index contributed by atoms with van der Waals surface area (Å²) in [4.78, 5) is 14.1. The molecule has 2 rings (SSSR count). The monoisotopic (exact) mass is 293 g/mol. The third-order valence-corrected chi connectivity index (χ3v) is 4.46. The van der Waals surface area contributed by atoms with Gasteiger partial charge in [0.25, 0.3) is 0 Å². The highest BCUT2D eigenvalue weighted by Crippen LogP contribution is 2.23. The highest BCUT2D eigenvalue weighted by atomic mass is 32.1. The Hall–Kier alpha value is -1.42. The third-order valence-electron chi connectivity index (χ3n) is 3.63. The predicted octanol–water partition coefficient (Wildman–Crippen LogP) is 1.80. The number of aliphatic hydroxyl groups is 1. The number of carbonyl (C=O) groups is 1. The van der Waals surface area contributed by atoms with Crippen molar-refractivity contribution in [2.45, 2.75) is 31.8 Å². The lowest BCUT2D eigenvalue weighted by Gasteiger charge is -2.35. The summed E-state index contributed by atoms with van der Waals surface area (Å²) in [5.41, 5.74) is -0.0467. The SMILES string of the molecule is CC1(O)CCN(CCC(=O)Nc2sccc2C#N)CC1. The van der Waals surface area contributed by atoms with Gasteiger partial charge >= 0.3 is 0 Å². The Bertz CT molecular complexity index is 509. The van der Waals surface area contributed by atoms with Crippen molar-refractivity contribution in [3.8, 4) is 6.07 Å². The van der Waals surface area contributed by atoms with Gasteiger partial charge in [0.15, 0.2) is 0 Å². The van der Waals surface area contributed by atoms with Gasteiger partial charge in [-0.25, -0.2) is 0 Å². The lowest BCUT2D eigenvalue weighted by Crippen LogP contribution is -2.43. The quantitative estimate of drug-likeness (QED) is 0.887. The van der Waals surface area contributed by atoms with E-state index in [1.807, 2.05) is 6.92 Å². The smallest absolute Gasteiger partial charge is 0.226 e. The van der Waals surface area contributed by atoms with Crippen LogP contribution in [0, 0.1) is 11.3 Å². The average molecular weight is 293 g/mol. The second-order valence-electron chi connectivity index (χ2n) is 5.41. The Labute approximate surface area is 122 Å². The number of thiophene rings is 1. The number of rotatable bonds is 4. The molecule has 20 heavy (non-hydrogen) atoms. The van der Waals surface area contributed by atoms with Crippen LogP contribution in [0.5, 0.6) is 0 Å². The molecule has 2 heterocycles. The molecular formula is C14H19N3O2S. The first-order valence-electron chi connectivity index (χ1n) is 6.72. The molecule has 0 radical (unpaired) electrons.